The van der Waals surface area contributed by atoms with E-state index in [9.17, 15) is 8.78 Å². The van der Waals surface area contributed by atoms with Crippen molar-refractivity contribution in [3.05, 3.63) is 0 Å². The van der Waals surface area contributed by atoms with Crippen molar-refractivity contribution in [2.75, 3.05) is 33.2 Å². The highest BCUT2D eigenvalue weighted by Crippen LogP contribution is 2.42. The molecule has 0 unspecified atom stereocenters. The minimum Gasteiger partial charge on any atom is -0.319 e. The smallest absolute Gasteiger partial charge is 0.261 e. The lowest BCUT2D eigenvalue weighted by atomic mass is 9.68. The van der Waals surface area contributed by atoms with E-state index in [-0.39, 0.29) is 18.4 Å². The Hall–Kier alpha value is -0.220. The van der Waals surface area contributed by atoms with Crippen LogP contribution in [0.1, 0.15) is 25.7 Å². The standard InChI is InChI=1S/C11H20F2N2/c1-14-7-10(3-2-4-10)8-15-6-5-11(12,13)9-15/h14H,2-9H2,1H3. The number of likely N-dealkylation sites (tertiary alicyclic amines) is 1. The summed E-state index contributed by atoms with van der Waals surface area (Å²) in [6.07, 6.45) is 3.68. The third-order valence-corrected chi connectivity index (χ3v) is 3.77. The number of hydrogen-bond donors (Lipinski definition) is 1. The quantitative estimate of drug-likeness (QED) is 0.773. The van der Waals surface area contributed by atoms with Gasteiger partial charge in [-0.25, -0.2) is 8.78 Å². The van der Waals surface area contributed by atoms with Gasteiger partial charge in [0.1, 0.15) is 0 Å². The Kier molecular flexibility index (Phi) is 2.99. The van der Waals surface area contributed by atoms with E-state index in [4.69, 9.17) is 0 Å². The molecule has 2 aliphatic rings. The molecule has 2 nitrogen and oxygen atoms in total. The van der Waals surface area contributed by atoms with Crippen LogP contribution in [0.2, 0.25) is 0 Å². The van der Waals surface area contributed by atoms with Crippen LogP contribution < -0.4 is 5.32 Å². The van der Waals surface area contributed by atoms with Gasteiger partial charge in [0.05, 0.1) is 6.54 Å². The van der Waals surface area contributed by atoms with Crippen molar-refractivity contribution in [2.45, 2.75) is 31.6 Å². The minimum atomic E-state index is -2.44. The number of nitrogens with one attached hydrogen (secondary N) is 1. The SMILES string of the molecule is CNCC1(CN2CCC(F)(F)C2)CCC1. The number of halogens is 2. The Morgan fingerprint density at radius 1 is 1.27 bits per heavy atom. The van der Waals surface area contributed by atoms with Crippen molar-refractivity contribution in [3.8, 4) is 0 Å². The van der Waals surface area contributed by atoms with Gasteiger partial charge in [0.2, 0.25) is 0 Å². The fourth-order valence-corrected chi connectivity index (χ4v) is 2.86. The Balaban J connectivity index is 1.86. The van der Waals surface area contributed by atoms with Crippen LogP contribution in [0.5, 0.6) is 0 Å². The molecular weight excluding hydrogens is 198 g/mol. The zero-order valence-electron chi connectivity index (χ0n) is 9.36. The van der Waals surface area contributed by atoms with Gasteiger partial charge in [-0.2, -0.15) is 0 Å². The predicted octanol–water partition coefficient (Wildman–Crippen LogP) is 1.72. The van der Waals surface area contributed by atoms with Crippen molar-refractivity contribution in [3.63, 3.8) is 0 Å². The second-order valence-electron chi connectivity index (χ2n) is 5.20. The number of nitrogens with zero attached hydrogens (tertiary/aromatic N) is 1. The van der Waals surface area contributed by atoms with Gasteiger partial charge in [0, 0.05) is 26.1 Å². The highest BCUT2D eigenvalue weighted by Gasteiger charge is 2.43. The zero-order valence-corrected chi connectivity index (χ0v) is 9.36. The Labute approximate surface area is 90.0 Å². The van der Waals surface area contributed by atoms with Crippen LogP contribution in [0, 0.1) is 5.41 Å². The maximum Gasteiger partial charge on any atom is 0.261 e. The molecule has 0 bridgehead atoms. The lowest BCUT2D eigenvalue weighted by Crippen LogP contribution is -2.47. The molecule has 88 valence electrons. The van der Waals surface area contributed by atoms with E-state index >= 15 is 0 Å². The van der Waals surface area contributed by atoms with Crippen molar-refractivity contribution in [1.29, 1.82) is 0 Å². The van der Waals surface area contributed by atoms with Crippen molar-refractivity contribution in [2.24, 2.45) is 5.41 Å². The van der Waals surface area contributed by atoms with Gasteiger partial charge >= 0.3 is 0 Å². The van der Waals surface area contributed by atoms with Gasteiger partial charge in [-0.15, -0.1) is 0 Å². The van der Waals surface area contributed by atoms with E-state index in [0.29, 0.717) is 6.54 Å². The highest BCUT2D eigenvalue weighted by atomic mass is 19.3. The number of alkyl halides is 2. The lowest BCUT2D eigenvalue weighted by molar-refractivity contribution is 0.00138. The Bertz CT molecular complexity index is 227. The summed E-state index contributed by atoms with van der Waals surface area (Å²) in [7, 11) is 1.94. The van der Waals surface area contributed by atoms with Crippen molar-refractivity contribution in [1.82, 2.24) is 10.2 Å². The predicted molar refractivity (Wildman–Crippen MR) is 56.2 cm³/mol. The molecule has 4 heteroatoms. The van der Waals surface area contributed by atoms with Crippen LogP contribution in [0.3, 0.4) is 0 Å². The summed E-state index contributed by atoms with van der Waals surface area (Å²) < 4.78 is 26.0. The van der Waals surface area contributed by atoms with Crippen LogP contribution >= 0.6 is 0 Å². The molecule has 0 amide bonds. The van der Waals surface area contributed by atoms with E-state index in [1.165, 1.54) is 19.3 Å². The molecule has 1 N–H and O–H groups in total. The maximum atomic E-state index is 13.0. The van der Waals surface area contributed by atoms with Crippen LogP contribution in [-0.4, -0.2) is 44.0 Å². The summed E-state index contributed by atoms with van der Waals surface area (Å²) in [5, 5.41) is 3.19. The topological polar surface area (TPSA) is 15.3 Å². The first-order chi connectivity index (χ1) is 7.05. The number of hydrogen-bond acceptors (Lipinski definition) is 2. The summed E-state index contributed by atoms with van der Waals surface area (Å²) >= 11 is 0. The average Bonchev–Trinajstić information content (AvgIpc) is 2.42. The molecular formula is C11H20F2N2. The van der Waals surface area contributed by atoms with Gasteiger partial charge in [-0.05, 0) is 25.3 Å². The van der Waals surface area contributed by atoms with Crippen LogP contribution in [-0.2, 0) is 0 Å². The highest BCUT2D eigenvalue weighted by molar-refractivity contribution is 4.94. The Morgan fingerprint density at radius 2 is 2.00 bits per heavy atom. The van der Waals surface area contributed by atoms with Gasteiger partial charge in [-0.1, -0.05) is 6.42 Å². The molecule has 2 fully saturated rings. The fraction of sp³-hybridized carbons (Fsp3) is 1.00. The zero-order chi connectivity index (χ0) is 10.9. The molecule has 1 saturated carbocycles. The second-order valence-corrected chi connectivity index (χ2v) is 5.20. The van der Waals surface area contributed by atoms with E-state index < -0.39 is 5.92 Å². The first-order valence-electron chi connectivity index (χ1n) is 5.80. The first kappa shape index (κ1) is 11.3. The monoisotopic (exact) mass is 218 g/mol. The van der Waals surface area contributed by atoms with Crippen molar-refractivity contribution < 1.29 is 8.78 Å². The van der Waals surface area contributed by atoms with Gasteiger partial charge < -0.3 is 5.32 Å². The molecule has 15 heavy (non-hydrogen) atoms. The minimum absolute atomic E-state index is 0.0293. The van der Waals surface area contributed by atoms with Crippen molar-refractivity contribution >= 4 is 0 Å². The summed E-state index contributed by atoms with van der Waals surface area (Å²) in [6.45, 7) is 2.36. The second kappa shape index (κ2) is 3.98. The molecule has 0 atom stereocenters. The van der Waals surface area contributed by atoms with E-state index in [1.807, 2.05) is 11.9 Å². The van der Waals surface area contributed by atoms with Gasteiger partial charge in [0.25, 0.3) is 5.92 Å². The van der Waals surface area contributed by atoms with Crippen LogP contribution in [0.15, 0.2) is 0 Å². The molecule has 1 heterocycles. The van der Waals surface area contributed by atoms with E-state index in [1.54, 1.807) is 0 Å². The summed E-state index contributed by atoms with van der Waals surface area (Å²) in [5.41, 5.74) is 0.287. The first-order valence-corrected chi connectivity index (χ1v) is 5.80. The molecule has 0 spiro atoms. The molecule has 1 saturated heterocycles. The third-order valence-electron chi connectivity index (χ3n) is 3.77. The molecule has 1 aliphatic carbocycles. The summed E-state index contributed by atoms with van der Waals surface area (Å²) in [5.74, 6) is -2.44. The van der Waals surface area contributed by atoms with E-state index in [2.05, 4.69) is 5.32 Å². The average molecular weight is 218 g/mol. The summed E-state index contributed by atoms with van der Waals surface area (Å²) in [4.78, 5) is 1.94. The molecule has 1 aliphatic heterocycles. The largest absolute Gasteiger partial charge is 0.319 e. The normalized spacial score (nSPS) is 29.0. The lowest BCUT2D eigenvalue weighted by Gasteiger charge is -2.44. The van der Waals surface area contributed by atoms with Crippen LogP contribution in [0.4, 0.5) is 8.78 Å². The van der Waals surface area contributed by atoms with Crippen LogP contribution in [0.25, 0.3) is 0 Å². The van der Waals surface area contributed by atoms with Gasteiger partial charge in [-0.3, -0.25) is 4.90 Å². The molecule has 0 aromatic rings. The Morgan fingerprint density at radius 3 is 2.40 bits per heavy atom. The van der Waals surface area contributed by atoms with E-state index in [0.717, 1.165) is 13.1 Å². The summed E-state index contributed by atoms with van der Waals surface area (Å²) in [6, 6.07) is 0. The molecule has 0 radical (unpaired) electrons. The fourth-order valence-electron chi connectivity index (χ4n) is 2.86. The van der Waals surface area contributed by atoms with Gasteiger partial charge in [0.15, 0.2) is 0 Å². The molecule has 2 rings (SSSR count). The number of rotatable bonds is 4. The third kappa shape index (κ3) is 2.48. The molecule has 0 aromatic heterocycles. The maximum absolute atomic E-state index is 13.0. The molecule has 0 aromatic carbocycles.